The minimum Gasteiger partial charge on any atom is -0.298 e. The van der Waals surface area contributed by atoms with E-state index in [4.69, 9.17) is 0 Å². The third kappa shape index (κ3) is 6.97. The minimum atomic E-state index is -7.22. The number of carbonyl (C=O) groups excluding carboxylic acids is 1. The highest BCUT2D eigenvalue weighted by Crippen LogP contribution is 2.30. The number of nitrogens with zero attached hydrogens (tertiary/aromatic N) is 1. The number of rotatable bonds is 7. The summed E-state index contributed by atoms with van der Waals surface area (Å²) in [6, 6.07) is 13.8. The lowest BCUT2D eigenvalue weighted by Gasteiger charge is -2.44. The standard InChI is InChI=1S/C24BF20.C13H12NO/c26-5-1(6(27)14(35)21(42)13(5)34)25(2-7(28)15(36)22(43)16(37)8(2)29,3-9(30)17(38)23(44)18(39)10(3)31)4-11(32)19(40)24(45)20(41)12(4)33;15-11-13-6-8-14(9-7-13)10-12-4-2-1-3-5-12/h;1-9,11H,10H2/q-1;+1. The van der Waals surface area contributed by atoms with Gasteiger partial charge in [-0.1, -0.05) is 30.3 Å². The van der Waals surface area contributed by atoms with Gasteiger partial charge in [0, 0.05) is 23.3 Å². The fourth-order valence-corrected chi connectivity index (χ4v) is 6.32. The van der Waals surface area contributed by atoms with Gasteiger partial charge in [-0.3, -0.25) is 4.79 Å². The second-order valence-corrected chi connectivity index (χ2v) is 12.2. The van der Waals surface area contributed by atoms with Crippen LogP contribution in [0.2, 0.25) is 0 Å². The van der Waals surface area contributed by atoms with E-state index in [0.717, 1.165) is 12.8 Å². The first-order valence-electron chi connectivity index (χ1n) is 15.8. The zero-order chi connectivity index (χ0) is 44.9. The quantitative estimate of drug-likeness (QED) is 0.0403. The van der Waals surface area contributed by atoms with Crippen LogP contribution < -0.4 is 26.4 Å². The van der Waals surface area contributed by atoms with Gasteiger partial charge in [0.2, 0.25) is 0 Å². The van der Waals surface area contributed by atoms with E-state index < -0.39 is 144 Å². The summed E-state index contributed by atoms with van der Waals surface area (Å²) in [5, 5.41) is 0. The summed E-state index contributed by atoms with van der Waals surface area (Å²) in [7, 11) is 0. The Morgan fingerprint density at radius 1 is 0.350 bits per heavy atom. The van der Waals surface area contributed by atoms with Crippen LogP contribution in [0.15, 0.2) is 54.9 Å². The first kappa shape index (κ1) is 44.7. The van der Waals surface area contributed by atoms with Crippen molar-refractivity contribution in [1.82, 2.24) is 0 Å². The number of aromatic nitrogens is 1. The molecule has 1 heterocycles. The number of hydrogen-bond donors (Lipinski definition) is 0. The molecule has 314 valence electrons. The van der Waals surface area contributed by atoms with Gasteiger partial charge in [0.05, 0.1) is 0 Å². The molecule has 23 heteroatoms. The van der Waals surface area contributed by atoms with Gasteiger partial charge in [0.25, 0.3) is 0 Å². The minimum absolute atomic E-state index is 0.708. The lowest BCUT2D eigenvalue weighted by molar-refractivity contribution is -0.688. The van der Waals surface area contributed by atoms with Gasteiger partial charge in [-0.25, -0.2) is 92.4 Å². The van der Waals surface area contributed by atoms with Crippen LogP contribution in [0.25, 0.3) is 0 Å². The van der Waals surface area contributed by atoms with Crippen molar-refractivity contribution in [1.29, 1.82) is 0 Å². The molecule has 0 amide bonds. The molecule has 2 nitrogen and oxygen atoms in total. The molecule has 0 aliphatic carbocycles. The Morgan fingerprint density at radius 2 is 0.583 bits per heavy atom. The molecule has 5 aromatic carbocycles. The van der Waals surface area contributed by atoms with E-state index in [1.165, 1.54) is 5.56 Å². The molecule has 0 saturated heterocycles. The molecule has 0 unspecified atom stereocenters. The smallest absolute Gasteiger partial charge is 0.200 e. The van der Waals surface area contributed by atoms with Crippen molar-refractivity contribution in [3.05, 3.63) is 182 Å². The third-order valence-corrected chi connectivity index (χ3v) is 8.97. The molecule has 0 fully saturated rings. The molecular formula is C37H12BF20NO. The second-order valence-electron chi connectivity index (χ2n) is 12.2. The number of hydrogen-bond acceptors (Lipinski definition) is 1. The molecule has 6 aromatic rings. The number of carbonyl (C=O) groups is 1. The van der Waals surface area contributed by atoms with Gasteiger partial charge >= 0.3 is 0 Å². The van der Waals surface area contributed by atoms with Crippen LogP contribution >= 0.6 is 0 Å². The summed E-state index contributed by atoms with van der Waals surface area (Å²) in [6.07, 6.45) is -2.54. The number of benzene rings is 5. The van der Waals surface area contributed by atoms with Gasteiger partial charge in [0.15, 0.2) is 95.0 Å². The van der Waals surface area contributed by atoms with E-state index in [0.29, 0.717) is 5.56 Å². The second kappa shape index (κ2) is 16.7. The van der Waals surface area contributed by atoms with E-state index in [9.17, 15) is 57.5 Å². The van der Waals surface area contributed by atoms with E-state index in [2.05, 4.69) is 12.1 Å². The topological polar surface area (TPSA) is 20.9 Å². The first-order chi connectivity index (χ1) is 28.1. The van der Waals surface area contributed by atoms with Gasteiger partial charge in [-0.2, -0.15) is 0 Å². The van der Waals surface area contributed by atoms with Gasteiger partial charge in [-0.15, -0.1) is 21.9 Å². The van der Waals surface area contributed by atoms with Crippen molar-refractivity contribution in [3.63, 3.8) is 0 Å². The number of halogens is 20. The molecule has 0 spiro atoms. The molecule has 0 N–H and O–H groups in total. The van der Waals surface area contributed by atoms with Crippen LogP contribution in [0, 0.1) is 116 Å². The van der Waals surface area contributed by atoms with Gasteiger partial charge in [-0.05, 0) is 0 Å². The highest BCUT2D eigenvalue weighted by molar-refractivity contribution is 7.20. The molecule has 0 atom stereocenters. The summed E-state index contributed by atoms with van der Waals surface area (Å²) in [5.41, 5.74) is -12.4. The molecule has 60 heavy (non-hydrogen) atoms. The van der Waals surface area contributed by atoms with Crippen LogP contribution in [0.3, 0.4) is 0 Å². The summed E-state index contributed by atoms with van der Waals surface area (Å²) in [4.78, 5) is 10.5. The fraction of sp³-hybridized carbons (Fsp3) is 0.0270. The number of pyridine rings is 1. The Labute approximate surface area is 320 Å². The highest BCUT2D eigenvalue weighted by Gasteiger charge is 2.52. The molecule has 0 aliphatic rings. The zero-order valence-electron chi connectivity index (χ0n) is 28.5. The molecule has 1 aromatic heterocycles. The molecule has 0 saturated carbocycles. The zero-order valence-corrected chi connectivity index (χ0v) is 28.5. The van der Waals surface area contributed by atoms with Crippen molar-refractivity contribution in [2.75, 3.05) is 0 Å². The largest absolute Gasteiger partial charge is 0.298 e. The van der Waals surface area contributed by atoms with E-state index in [1.54, 1.807) is 0 Å². The number of aldehydes is 1. The molecule has 0 bridgehead atoms. The molecular weight excluding hydrogens is 865 g/mol. The van der Waals surface area contributed by atoms with E-state index in [-0.39, 0.29) is 0 Å². The van der Waals surface area contributed by atoms with Crippen LogP contribution in [0.4, 0.5) is 87.8 Å². The SMILES string of the molecule is Fc1c(F)c(F)c([B-](c2c(F)c(F)c(F)c(F)c2F)(c2c(F)c(F)c(F)c(F)c2F)c2c(F)c(F)c(F)c(F)c2F)c(F)c1F.O=Cc1cc[n+](Cc2ccccc2)cc1. The van der Waals surface area contributed by atoms with Crippen molar-refractivity contribution in [2.45, 2.75) is 6.54 Å². The lowest BCUT2D eigenvalue weighted by Crippen LogP contribution is -2.81. The Balaban J connectivity index is 0.000000379. The first-order valence-corrected chi connectivity index (χ1v) is 15.8. The Bertz CT molecular complexity index is 2310. The predicted octanol–water partition coefficient (Wildman–Crippen LogP) is 7.68. The van der Waals surface area contributed by atoms with Crippen molar-refractivity contribution < 1.29 is 97.2 Å². The third-order valence-electron chi connectivity index (χ3n) is 8.97. The van der Waals surface area contributed by atoms with Crippen LogP contribution in [0.5, 0.6) is 0 Å². The average Bonchev–Trinajstić information content (AvgIpc) is 3.24. The lowest BCUT2D eigenvalue weighted by atomic mass is 9.12. The molecule has 6 rings (SSSR count). The van der Waals surface area contributed by atoms with Crippen LogP contribution in [0.1, 0.15) is 15.9 Å². The van der Waals surface area contributed by atoms with Crippen molar-refractivity contribution in [3.8, 4) is 0 Å². The molecule has 0 aliphatic heterocycles. The monoisotopic (exact) mass is 877 g/mol. The summed E-state index contributed by atoms with van der Waals surface area (Å²) < 4.78 is 296. The van der Waals surface area contributed by atoms with Gasteiger partial charge in [0.1, 0.15) is 52.7 Å². The average molecular weight is 877 g/mol. The normalized spacial score (nSPS) is 11.5. The molecule has 0 radical (unpaired) electrons. The maximum Gasteiger partial charge on any atom is 0.200 e. The van der Waals surface area contributed by atoms with Crippen molar-refractivity contribution >= 4 is 34.3 Å². The van der Waals surface area contributed by atoms with Crippen LogP contribution in [-0.2, 0) is 6.54 Å². The van der Waals surface area contributed by atoms with E-state index in [1.807, 2.05) is 47.3 Å². The van der Waals surface area contributed by atoms with Gasteiger partial charge < -0.3 is 0 Å². The summed E-state index contributed by atoms with van der Waals surface area (Å²) in [6.45, 7) is 0.833. The van der Waals surface area contributed by atoms with E-state index >= 15 is 35.1 Å². The maximum atomic E-state index is 15.4. The Kier molecular flexibility index (Phi) is 12.4. The fourth-order valence-electron chi connectivity index (χ4n) is 6.32. The van der Waals surface area contributed by atoms with Crippen molar-refractivity contribution in [2.24, 2.45) is 0 Å². The maximum absolute atomic E-state index is 15.4. The predicted molar refractivity (Wildman–Crippen MR) is 167 cm³/mol. The summed E-state index contributed by atoms with van der Waals surface area (Å²) >= 11 is 0. The summed E-state index contributed by atoms with van der Waals surface area (Å²) in [5.74, 6) is -71.4. The Morgan fingerprint density at radius 3 is 0.817 bits per heavy atom. The Hall–Kier alpha value is -6.42. The van der Waals surface area contributed by atoms with Crippen LogP contribution in [-0.4, -0.2) is 12.4 Å². The highest BCUT2D eigenvalue weighted by atomic mass is 19.2.